The smallest absolute Gasteiger partial charge is 0.154 e. The highest BCUT2D eigenvalue weighted by Gasteiger charge is 2.12. The molecule has 4 heteroatoms. The van der Waals surface area contributed by atoms with Crippen molar-refractivity contribution < 1.29 is 0 Å². The number of hydrogen-bond acceptors (Lipinski definition) is 1. The molecule has 0 radical (unpaired) electrons. The Bertz CT molecular complexity index is 1720. The van der Waals surface area contributed by atoms with Gasteiger partial charge in [0.05, 0.1) is 11.0 Å². The summed E-state index contributed by atoms with van der Waals surface area (Å²) in [5, 5.41) is 14.1. The number of fused-ring (bicyclic) bond motifs is 3. The first-order chi connectivity index (χ1) is 18.2. The van der Waals surface area contributed by atoms with Gasteiger partial charge in [0, 0.05) is 34.6 Å². The third-order valence-electron chi connectivity index (χ3n) is 6.66. The van der Waals surface area contributed by atoms with E-state index in [2.05, 4.69) is 99.8 Å². The van der Waals surface area contributed by atoms with Gasteiger partial charge in [-0.3, -0.25) is 5.41 Å². The first-order valence-electron chi connectivity index (χ1n) is 12.3. The zero-order chi connectivity index (χ0) is 25.2. The van der Waals surface area contributed by atoms with Crippen molar-refractivity contribution in [2.24, 2.45) is 4.99 Å². The molecule has 6 aromatic rings. The maximum atomic E-state index is 8.44. The Balaban J connectivity index is 1.42. The molecule has 6 rings (SSSR count). The van der Waals surface area contributed by atoms with E-state index in [0.717, 1.165) is 27.9 Å². The Labute approximate surface area is 216 Å². The van der Waals surface area contributed by atoms with Crippen molar-refractivity contribution in [1.82, 2.24) is 9.88 Å². The third kappa shape index (κ3) is 4.19. The molecule has 0 fully saturated rings. The second-order valence-corrected chi connectivity index (χ2v) is 8.93. The van der Waals surface area contributed by atoms with Gasteiger partial charge in [-0.15, -0.1) is 0 Å². The van der Waals surface area contributed by atoms with Gasteiger partial charge < -0.3 is 9.88 Å². The number of amidine groups is 2. The summed E-state index contributed by atoms with van der Waals surface area (Å²) < 4.78 is 2.33. The van der Waals surface area contributed by atoms with Crippen LogP contribution in [0.3, 0.4) is 0 Å². The molecular weight excluding hydrogens is 452 g/mol. The average molecular weight is 479 g/mol. The maximum absolute atomic E-state index is 8.44. The second-order valence-electron chi connectivity index (χ2n) is 8.93. The molecule has 178 valence electrons. The van der Waals surface area contributed by atoms with Crippen molar-refractivity contribution in [3.63, 3.8) is 0 Å². The molecule has 2 N–H and O–H groups in total. The molecule has 0 spiro atoms. The molecule has 4 nitrogen and oxygen atoms in total. The van der Waals surface area contributed by atoms with Crippen LogP contribution in [0.1, 0.15) is 11.1 Å². The Hall–Kier alpha value is -4.96. The largest absolute Gasteiger partial charge is 0.373 e. The normalized spacial score (nSPS) is 11.6. The van der Waals surface area contributed by atoms with Gasteiger partial charge in [0.1, 0.15) is 5.84 Å². The van der Waals surface area contributed by atoms with E-state index in [0.29, 0.717) is 5.84 Å². The lowest BCUT2D eigenvalue weighted by Crippen LogP contribution is -2.21. The molecule has 1 heterocycles. The van der Waals surface area contributed by atoms with Crippen LogP contribution in [0.15, 0.2) is 132 Å². The van der Waals surface area contributed by atoms with E-state index in [4.69, 9.17) is 5.41 Å². The van der Waals surface area contributed by atoms with E-state index in [1.54, 1.807) is 0 Å². The van der Waals surface area contributed by atoms with Gasteiger partial charge in [0.2, 0.25) is 0 Å². The minimum atomic E-state index is 0.226. The fraction of sp³-hybridized carbons (Fsp3) is 0.0303. The van der Waals surface area contributed by atoms with Gasteiger partial charge in [-0.25, -0.2) is 4.99 Å². The van der Waals surface area contributed by atoms with Gasteiger partial charge >= 0.3 is 0 Å². The SMILES string of the molecule is CN/C(=N\C(=N)c1ccccc1)c1cccc(-c2cccc(-n3c4ccccc4c4ccccc43)c2)c1. The van der Waals surface area contributed by atoms with Crippen molar-refractivity contribution in [3.8, 4) is 16.8 Å². The summed E-state index contributed by atoms with van der Waals surface area (Å²) in [6.45, 7) is 0. The molecule has 0 bridgehead atoms. The minimum absolute atomic E-state index is 0.226. The number of nitrogens with one attached hydrogen (secondary N) is 2. The number of hydrogen-bond donors (Lipinski definition) is 2. The minimum Gasteiger partial charge on any atom is -0.373 e. The molecule has 0 unspecified atom stereocenters. The molecule has 37 heavy (non-hydrogen) atoms. The summed E-state index contributed by atoms with van der Waals surface area (Å²) in [5.74, 6) is 0.887. The molecular formula is C33H26N4. The Morgan fingerprint density at radius 1 is 0.622 bits per heavy atom. The van der Waals surface area contributed by atoms with Crippen LogP contribution in [-0.4, -0.2) is 23.3 Å². The summed E-state index contributed by atoms with van der Waals surface area (Å²) >= 11 is 0. The molecule has 0 aliphatic carbocycles. The zero-order valence-corrected chi connectivity index (χ0v) is 20.5. The van der Waals surface area contributed by atoms with E-state index in [9.17, 15) is 0 Å². The number of nitrogens with zero attached hydrogens (tertiary/aromatic N) is 2. The van der Waals surface area contributed by atoms with Crippen LogP contribution in [0.4, 0.5) is 0 Å². The molecule has 1 aromatic heterocycles. The molecule has 0 amide bonds. The van der Waals surface area contributed by atoms with E-state index >= 15 is 0 Å². The Kier molecular flexibility index (Phi) is 5.83. The Morgan fingerprint density at radius 3 is 1.86 bits per heavy atom. The summed E-state index contributed by atoms with van der Waals surface area (Å²) in [6.07, 6.45) is 0. The Morgan fingerprint density at radius 2 is 1.19 bits per heavy atom. The summed E-state index contributed by atoms with van der Waals surface area (Å²) in [5.41, 5.74) is 7.43. The molecule has 0 saturated carbocycles. The fourth-order valence-electron chi connectivity index (χ4n) is 4.91. The van der Waals surface area contributed by atoms with Gasteiger partial charge in [-0.1, -0.05) is 97.1 Å². The second kappa shape index (κ2) is 9.59. The highest BCUT2D eigenvalue weighted by Crippen LogP contribution is 2.33. The van der Waals surface area contributed by atoms with Crippen molar-refractivity contribution in [3.05, 3.63) is 139 Å². The highest BCUT2D eigenvalue weighted by molar-refractivity contribution is 6.11. The van der Waals surface area contributed by atoms with Gasteiger partial charge in [-0.05, 0) is 41.5 Å². The van der Waals surface area contributed by atoms with Crippen LogP contribution in [-0.2, 0) is 0 Å². The first-order valence-corrected chi connectivity index (χ1v) is 12.3. The molecule has 0 aliphatic rings. The van der Waals surface area contributed by atoms with Crippen molar-refractivity contribution >= 4 is 33.5 Å². The van der Waals surface area contributed by atoms with Gasteiger partial charge in [-0.2, -0.15) is 0 Å². The number of rotatable bonds is 4. The van der Waals surface area contributed by atoms with Crippen LogP contribution in [0.25, 0.3) is 38.6 Å². The topological polar surface area (TPSA) is 53.2 Å². The zero-order valence-electron chi connectivity index (χ0n) is 20.5. The quantitative estimate of drug-likeness (QED) is 0.201. The van der Waals surface area contributed by atoms with Crippen LogP contribution in [0, 0.1) is 5.41 Å². The number of benzene rings is 5. The monoisotopic (exact) mass is 478 g/mol. The molecule has 0 aliphatic heterocycles. The first kappa shape index (κ1) is 22.5. The fourth-order valence-corrected chi connectivity index (χ4v) is 4.91. The van der Waals surface area contributed by atoms with Crippen molar-refractivity contribution in [2.45, 2.75) is 0 Å². The van der Waals surface area contributed by atoms with E-state index in [1.807, 2.05) is 49.5 Å². The standard InChI is InChI=1S/C33H26N4/c1-35-33(36-32(34)23-11-3-2-4-12-23)26-15-9-13-24(21-26)25-14-10-16-27(22-25)37-30-19-7-5-17-28(30)29-18-6-8-20-31(29)37/h2-22H,1H3,(H2,34,35,36). The average Bonchev–Trinajstić information content (AvgIpc) is 3.31. The predicted octanol–water partition coefficient (Wildman–Crippen LogP) is 7.44. The molecule has 5 aromatic carbocycles. The van der Waals surface area contributed by atoms with Gasteiger partial charge in [0.15, 0.2) is 5.84 Å². The summed E-state index contributed by atoms with van der Waals surface area (Å²) in [6, 6.07) is 43.6. The predicted molar refractivity (Wildman–Crippen MR) is 155 cm³/mol. The van der Waals surface area contributed by atoms with Crippen LogP contribution < -0.4 is 5.32 Å². The number of para-hydroxylation sites is 2. The van der Waals surface area contributed by atoms with Crippen molar-refractivity contribution in [2.75, 3.05) is 7.05 Å². The number of aliphatic imine (C=N–C) groups is 1. The summed E-state index contributed by atoms with van der Waals surface area (Å²) in [4.78, 5) is 4.58. The number of aromatic nitrogens is 1. The molecule has 0 saturated heterocycles. The van der Waals surface area contributed by atoms with Gasteiger partial charge in [0.25, 0.3) is 0 Å². The lowest BCUT2D eigenvalue weighted by Gasteiger charge is -2.12. The maximum Gasteiger partial charge on any atom is 0.154 e. The van der Waals surface area contributed by atoms with E-state index in [1.165, 1.54) is 21.8 Å². The van der Waals surface area contributed by atoms with Crippen molar-refractivity contribution in [1.29, 1.82) is 5.41 Å². The van der Waals surface area contributed by atoms with Crippen LogP contribution >= 0.6 is 0 Å². The lowest BCUT2D eigenvalue weighted by atomic mass is 10.0. The van der Waals surface area contributed by atoms with Crippen LogP contribution in [0.2, 0.25) is 0 Å². The van der Waals surface area contributed by atoms with E-state index in [-0.39, 0.29) is 5.84 Å². The van der Waals surface area contributed by atoms with Crippen LogP contribution in [0.5, 0.6) is 0 Å². The third-order valence-corrected chi connectivity index (χ3v) is 6.66. The highest BCUT2D eigenvalue weighted by atomic mass is 15.0. The van der Waals surface area contributed by atoms with E-state index < -0.39 is 0 Å². The summed E-state index contributed by atoms with van der Waals surface area (Å²) in [7, 11) is 1.84. The lowest BCUT2D eigenvalue weighted by molar-refractivity contribution is 1.16. The molecule has 0 atom stereocenters.